The van der Waals surface area contributed by atoms with E-state index in [1.54, 1.807) is 23.8 Å². The normalized spacial score (nSPS) is 24.3. The molecule has 2 fully saturated rings. The fraction of sp³-hybridized carbons (Fsp3) is 0.536. The molecule has 0 saturated carbocycles. The molecule has 0 bridgehead atoms. The van der Waals surface area contributed by atoms with Gasteiger partial charge in [0.15, 0.2) is 12.2 Å². The van der Waals surface area contributed by atoms with Crippen molar-refractivity contribution in [3.8, 4) is 12.0 Å². The summed E-state index contributed by atoms with van der Waals surface area (Å²) in [6.45, 7) is 12.2. The number of urea groups is 1. The first kappa shape index (κ1) is 25.0. The third-order valence-electron chi connectivity index (χ3n) is 7.77. The number of nitrogens with zero attached hydrogens (tertiary/aromatic N) is 7. The number of amides is 3. The molecular weight excluding hydrogens is 466 g/mol. The standard InChI is InChI=1S/C28H35N7O2/c1-7-14-34-23-24(31-26(34)33-15-10-11-19(16-33)28(3,4)5)32(6)27(37)35(25(23)36)17-22-29-18(2)20-12-8-9-13-21(20)30-22/h8-9,12-13,19,23-24H,10-11,15-17H2,1-6H3. The molecule has 3 atom stereocenters. The first-order valence-corrected chi connectivity index (χ1v) is 12.9. The second-order valence-corrected chi connectivity index (χ2v) is 11.2. The molecule has 2 aromatic rings. The molecule has 1 aromatic heterocycles. The minimum Gasteiger partial charge on any atom is -0.342 e. The van der Waals surface area contributed by atoms with E-state index in [0.29, 0.717) is 17.7 Å². The van der Waals surface area contributed by atoms with Crippen LogP contribution in [0.2, 0.25) is 0 Å². The van der Waals surface area contributed by atoms with E-state index in [4.69, 9.17) is 4.99 Å². The van der Waals surface area contributed by atoms with Gasteiger partial charge in [0.2, 0.25) is 5.96 Å². The van der Waals surface area contributed by atoms with Crippen molar-refractivity contribution in [2.45, 2.75) is 66.2 Å². The second-order valence-electron chi connectivity index (χ2n) is 11.2. The Balaban J connectivity index is 1.45. The molecule has 3 aliphatic heterocycles. The van der Waals surface area contributed by atoms with Gasteiger partial charge in [-0.3, -0.25) is 14.6 Å². The van der Waals surface area contributed by atoms with Crippen LogP contribution in [0.25, 0.3) is 10.9 Å². The van der Waals surface area contributed by atoms with Crippen molar-refractivity contribution in [2.75, 3.05) is 20.1 Å². The highest BCUT2D eigenvalue weighted by Gasteiger charge is 2.53. The van der Waals surface area contributed by atoms with Crippen LogP contribution in [-0.2, 0) is 11.3 Å². The number of imide groups is 1. The van der Waals surface area contributed by atoms with Crippen molar-refractivity contribution in [2.24, 2.45) is 16.3 Å². The van der Waals surface area contributed by atoms with Crippen molar-refractivity contribution in [3.63, 3.8) is 0 Å². The number of fused-ring (bicyclic) bond motifs is 2. The van der Waals surface area contributed by atoms with Gasteiger partial charge in [0.25, 0.3) is 5.91 Å². The molecule has 4 heterocycles. The van der Waals surface area contributed by atoms with Crippen molar-refractivity contribution >= 4 is 28.8 Å². The molecule has 1 aromatic carbocycles. The van der Waals surface area contributed by atoms with Crippen LogP contribution in [0.3, 0.4) is 0 Å². The van der Waals surface area contributed by atoms with Crippen LogP contribution in [-0.4, -0.2) is 79.8 Å². The summed E-state index contributed by atoms with van der Waals surface area (Å²) in [5.74, 6) is 4.26. The van der Waals surface area contributed by atoms with Crippen LogP contribution >= 0.6 is 0 Å². The fourth-order valence-electron chi connectivity index (χ4n) is 5.59. The Hall–Kier alpha value is -3.67. The summed E-state index contributed by atoms with van der Waals surface area (Å²) >= 11 is 0. The number of piperidine rings is 1. The Morgan fingerprint density at radius 3 is 2.62 bits per heavy atom. The summed E-state index contributed by atoms with van der Waals surface area (Å²) in [7, 11) is 1.70. The predicted octanol–water partition coefficient (Wildman–Crippen LogP) is 3.44. The Labute approximate surface area is 218 Å². The largest absolute Gasteiger partial charge is 0.342 e. The summed E-state index contributed by atoms with van der Waals surface area (Å²) < 4.78 is 0. The zero-order valence-corrected chi connectivity index (χ0v) is 22.5. The van der Waals surface area contributed by atoms with Gasteiger partial charge < -0.3 is 9.80 Å². The number of likely N-dealkylation sites (tertiary alicyclic amines) is 1. The van der Waals surface area contributed by atoms with Crippen LogP contribution in [0, 0.1) is 30.2 Å². The lowest BCUT2D eigenvalue weighted by Gasteiger charge is -2.42. The van der Waals surface area contributed by atoms with E-state index in [0.717, 1.165) is 42.5 Å². The SMILES string of the molecule is CC#CN1C(N2CCCC(C(C)(C)C)C2)=NC2C1C(=O)N(Cc1nc(C)c3ccccc3n1)C(=O)N2C. The molecule has 3 amide bonds. The smallest absolute Gasteiger partial charge is 0.328 e. The number of guanidine groups is 1. The first-order chi connectivity index (χ1) is 17.6. The van der Waals surface area contributed by atoms with Gasteiger partial charge >= 0.3 is 6.03 Å². The Bertz CT molecular complexity index is 1340. The summed E-state index contributed by atoms with van der Waals surface area (Å²) in [6.07, 6.45) is 1.59. The number of benzene rings is 1. The molecule has 3 unspecified atom stereocenters. The van der Waals surface area contributed by atoms with E-state index in [2.05, 4.69) is 47.6 Å². The van der Waals surface area contributed by atoms with Gasteiger partial charge in [0, 0.05) is 37.3 Å². The van der Waals surface area contributed by atoms with Crippen LogP contribution in [0.1, 0.15) is 52.1 Å². The molecular formula is C28H35N7O2. The molecule has 37 heavy (non-hydrogen) atoms. The lowest BCUT2D eigenvalue weighted by atomic mass is 9.76. The Kier molecular flexibility index (Phi) is 6.30. The summed E-state index contributed by atoms with van der Waals surface area (Å²) in [5, 5.41) is 0.952. The number of para-hydroxylation sites is 1. The van der Waals surface area contributed by atoms with Crippen molar-refractivity contribution in [1.82, 2.24) is 29.6 Å². The minimum absolute atomic E-state index is 0.00452. The van der Waals surface area contributed by atoms with E-state index in [1.807, 2.05) is 31.2 Å². The number of aliphatic imine (C=N–C) groups is 1. The van der Waals surface area contributed by atoms with E-state index in [1.165, 1.54) is 4.90 Å². The van der Waals surface area contributed by atoms with Crippen molar-refractivity contribution in [3.05, 3.63) is 35.8 Å². The highest BCUT2D eigenvalue weighted by Crippen LogP contribution is 2.36. The van der Waals surface area contributed by atoms with Gasteiger partial charge in [0.1, 0.15) is 5.82 Å². The Morgan fingerprint density at radius 2 is 1.89 bits per heavy atom. The number of aromatic nitrogens is 2. The molecule has 0 spiro atoms. The molecule has 3 aliphatic rings. The quantitative estimate of drug-likeness (QED) is 0.586. The number of rotatable bonds is 2. The maximum Gasteiger partial charge on any atom is 0.328 e. The molecule has 9 nitrogen and oxygen atoms in total. The lowest BCUT2D eigenvalue weighted by Crippen LogP contribution is -2.64. The topological polar surface area (TPSA) is 85.2 Å². The zero-order chi connectivity index (χ0) is 26.5. The van der Waals surface area contributed by atoms with Crippen LogP contribution in [0.4, 0.5) is 4.79 Å². The van der Waals surface area contributed by atoms with E-state index in [-0.39, 0.29) is 17.9 Å². The van der Waals surface area contributed by atoms with Crippen LogP contribution < -0.4 is 0 Å². The van der Waals surface area contributed by atoms with E-state index in [9.17, 15) is 9.59 Å². The lowest BCUT2D eigenvalue weighted by molar-refractivity contribution is -0.137. The maximum atomic E-state index is 13.9. The van der Waals surface area contributed by atoms with Gasteiger partial charge in [0.05, 0.1) is 12.1 Å². The third-order valence-corrected chi connectivity index (χ3v) is 7.77. The molecule has 9 heteroatoms. The van der Waals surface area contributed by atoms with Gasteiger partial charge in [-0.25, -0.2) is 19.8 Å². The van der Waals surface area contributed by atoms with Gasteiger partial charge in [-0.05, 0) is 44.1 Å². The van der Waals surface area contributed by atoms with Crippen molar-refractivity contribution < 1.29 is 9.59 Å². The first-order valence-electron chi connectivity index (χ1n) is 12.9. The van der Waals surface area contributed by atoms with Crippen LogP contribution in [0.15, 0.2) is 29.3 Å². The number of aryl methyl sites for hydroxylation is 1. The fourth-order valence-corrected chi connectivity index (χ4v) is 5.59. The highest BCUT2D eigenvalue weighted by molar-refractivity contribution is 6.04. The molecule has 0 aliphatic carbocycles. The number of carbonyl (C=O) groups excluding carboxylic acids is 2. The molecule has 194 valence electrons. The number of hydrogen-bond acceptors (Lipinski definition) is 7. The Morgan fingerprint density at radius 1 is 1.14 bits per heavy atom. The molecule has 5 rings (SSSR count). The minimum atomic E-state index is -0.707. The maximum absolute atomic E-state index is 13.9. The summed E-state index contributed by atoms with van der Waals surface area (Å²) in [6, 6.07) is 9.75. The average Bonchev–Trinajstić information content (AvgIpc) is 3.25. The van der Waals surface area contributed by atoms with E-state index < -0.39 is 18.2 Å². The van der Waals surface area contributed by atoms with Gasteiger partial charge in [-0.15, -0.1) is 0 Å². The predicted molar refractivity (Wildman–Crippen MR) is 142 cm³/mol. The monoisotopic (exact) mass is 501 g/mol. The number of hydrogen-bond donors (Lipinski definition) is 0. The highest BCUT2D eigenvalue weighted by atomic mass is 16.2. The summed E-state index contributed by atoms with van der Waals surface area (Å²) in [4.78, 5) is 48.2. The van der Waals surface area contributed by atoms with E-state index >= 15 is 0 Å². The van der Waals surface area contributed by atoms with Crippen molar-refractivity contribution in [1.29, 1.82) is 0 Å². The third kappa shape index (κ3) is 4.39. The van der Waals surface area contributed by atoms with Crippen LogP contribution in [0.5, 0.6) is 0 Å². The molecule has 0 radical (unpaired) electrons. The summed E-state index contributed by atoms with van der Waals surface area (Å²) in [5.41, 5.74) is 1.77. The molecule has 0 N–H and O–H groups in total. The van der Waals surface area contributed by atoms with Gasteiger partial charge in [-0.2, -0.15) is 0 Å². The second kappa shape index (κ2) is 9.33. The number of carbonyl (C=O) groups is 2. The zero-order valence-electron chi connectivity index (χ0n) is 22.5. The number of likely N-dealkylation sites (N-methyl/N-ethyl adjacent to an activating group) is 1. The molecule has 2 saturated heterocycles. The average molecular weight is 502 g/mol. The van der Waals surface area contributed by atoms with Gasteiger partial charge in [-0.1, -0.05) is 44.9 Å².